The maximum atomic E-state index is 13.0. The molecule has 3 aromatic rings. The number of hydrogen-bond donors (Lipinski definition) is 1. The van der Waals surface area contributed by atoms with Crippen molar-refractivity contribution in [3.05, 3.63) is 35.9 Å². The highest BCUT2D eigenvalue weighted by Crippen LogP contribution is 2.23. The number of hydrogen-bond acceptors (Lipinski definition) is 6. The number of aromatic nitrogens is 5. The van der Waals surface area contributed by atoms with Crippen molar-refractivity contribution >= 4 is 20.9 Å². The molecule has 4 rings (SSSR count). The Morgan fingerprint density at radius 2 is 2.12 bits per heavy atom. The van der Waals surface area contributed by atoms with Crippen LogP contribution in [0.2, 0.25) is 0 Å². The molecule has 0 fully saturated rings. The van der Waals surface area contributed by atoms with Crippen LogP contribution in [0.4, 0.5) is 0 Å². The molecular weight excluding hydrogens is 356 g/mol. The third-order valence-corrected chi connectivity index (χ3v) is 6.07. The molecule has 1 N–H and O–H groups in total. The summed E-state index contributed by atoms with van der Waals surface area (Å²) in [5.74, 6) is 1.47. The Morgan fingerprint density at radius 1 is 1.31 bits per heavy atom. The summed E-state index contributed by atoms with van der Waals surface area (Å²) in [6, 6.07) is 6.96. The second-order valence-corrected chi connectivity index (χ2v) is 7.99. The third-order valence-electron chi connectivity index (χ3n) is 4.44. The maximum Gasteiger partial charge on any atom is 0.258 e. The predicted molar refractivity (Wildman–Crippen MR) is 93.9 cm³/mol. The van der Waals surface area contributed by atoms with Crippen LogP contribution in [0.3, 0.4) is 0 Å². The highest BCUT2D eigenvalue weighted by Gasteiger charge is 2.29. The molecule has 1 aliphatic rings. The fourth-order valence-electron chi connectivity index (χ4n) is 3.36. The van der Waals surface area contributed by atoms with E-state index in [2.05, 4.69) is 19.9 Å². The summed E-state index contributed by atoms with van der Waals surface area (Å²) in [5, 5.41) is 9.46. The van der Waals surface area contributed by atoms with Gasteiger partial charge in [-0.05, 0) is 18.6 Å². The van der Waals surface area contributed by atoms with Gasteiger partial charge in [0.2, 0.25) is 0 Å². The highest BCUT2D eigenvalue weighted by molar-refractivity contribution is 7.89. The Balaban J connectivity index is 1.59. The van der Waals surface area contributed by atoms with Crippen molar-refractivity contribution in [3.8, 4) is 0 Å². The van der Waals surface area contributed by atoms with E-state index in [0.29, 0.717) is 42.7 Å². The maximum absolute atomic E-state index is 13.0. The molecule has 9 nitrogen and oxygen atoms in total. The van der Waals surface area contributed by atoms with Crippen molar-refractivity contribution < 1.29 is 13.2 Å². The van der Waals surface area contributed by atoms with Crippen molar-refractivity contribution in [1.82, 2.24) is 29.3 Å². The topological polar surface area (TPSA) is 104 Å². The van der Waals surface area contributed by atoms with Gasteiger partial charge in [-0.25, -0.2) is 22.8 Å². The van der Waals surface area contributed by atoms with E-state index in [-0.39, 0.29) is 11.1 Å². The zero-order valence-corrected chi connectivity index (χ0v) is 15.4. The van der Waals surface area contributed by atoms with Crippen LogP contribution in [0.15, 0.2) is 29.3 Å². The zero-order chi connectivity index (χ0) is 18.3. The lowest BCUT2D eigenvalue weighted by atomic mass is 10.1. The Kier molecular flexibility index (Phi) is 4.25. The first-order valence-electron chi connectivity index (χ1n) is 8.33. The average Bonchev–Trinajstić information content (AvgIpc) is 3.13. The van der Waals surface area contributed by atoms with Crippen molar-refractivity contribution in [3.63, 3.8) is 0 Å². The van der Waals surface area contributed by atoms with Gasteiger partial charge in [0.1, 0.15) is 12.4 Å². The number of rotatable bonds is 5. The Labute approximate surface area is 151 Å². The van der Waals surface area contributed by atoms with Gasteiger partial charge in [-0.1, -0.05) is 12.1 Å². The van der Waals surface area contributed by atoms with E-state index in [1.165, 1.54) is 4.68 Å². The highest BCUT2D eigenvalue weighted by atomic mass is 32.2. The van der Waals surface area contributed by atoms with Crippen LogP contribution in [-0.4, -0.2) is 46.1 Å². The number of sulfonamides is 1. The van der Waals surface area contributed by atoms with Crippen LogP contribution >= 0.6 is 0 Å². The molecule has 138 valence electrons. The lowest BCUT2D eigenvalue weighted by Gasteiger charge is -2.23. The number of nitrogens with zero attached hydrogens (tertiary/aromatic N) is 5. The molecular formula is C16H20N6O3S. The van der Waals surface area contributed by atoms with Crippen LogP contribution in [0.25, 0.3) is 10.9 Å². The molecule has 0 amide bonds. The summed E-state index contributed by atoms with van der Waals surface area (Å²) in [6.07, 6.45) is 1.33. The quantitative estimate of drug-likeness (QED) is 0.699. The lowest BCUT2D eigenvalue weighted by molar-refractivity contribution is 0.177. The van der Waals surface area contributed by atoms with Crippen LogP contribution in [-0.2, 0) is 41.4 Å². The number of nitrogens with one attached hydrogen (secondary N) is 1. The van der Waals surface area contributed by atoms with Gasteiger partial charge < -0.3 is 4.74 Å². The molecule has 26 heavy (non-hydrogen) atoms. The average molecular weight is 376 g/mol. The molecule has 1 aliphatic heterocycles. The van der Waals surface area contributed by atoms with Crippen LogP contribution in [0, 0.1) is 0 Å². The summed E-state index contributed by atoms with van der Waals surface area (Å²) >= 11 is 0. The SMILES string of the molecule is COCc1nc2n(n1)CC(NS(=O)(=O)c1c3ccccc3nn1C)CC2. The first kappa shape index (κ1) is 17.1. The van der Waals surface area contributed by atoms with Gasteiger partial charge in [0.05, 0.1) is 12.1 Å². The van der Waals surface area contributed by atoms with Crippen molar-refractivity contribution in [2.24, 2.45) is 7.05 Å². The van der Waals surface area contributed by atoms with E-state index < -0.39 is 10.0 Å². The summed E-state index contributed by atoms with van der Waals surface area (Å²) in [5.41, 5.74) is 0.654. The number of ether oxygens (including phenoxy) is 1. The van der Waals surface area contributed by atoms with Crippen molar-refractivity contribution in [2.75, 3.05) is 7.11 Å². The van der Waals surface area contributed by atoms with Crippen LogP contribution < -0.4 is 4.72 Å². The molecule has 3 heterocycles. The minimum atomic E-state index is -3.72. The second kappa shape index (κ2) is 6.45. The Hall–Kier alpha value is -2.30. The minimum Gasteiger partial charge on any atom is -0.377 e. The molecule has 2 aromatic heterocycles. The normalized spacial score (nSPS) is 17.5. The predicted octanol–water partition coefficient (Wildman–Crippen LogP) is 0.604. The fraction of sp³-hybridized carbons (Fsp3) is 0.438. The summed E-state index contributed by atoms with van der Waals surface area (Å²) < 4.78 is 37.0. The van der Waals surface area contributed by atoms with Gasteiger partial charge in [0, 0.05) is 32.0 Å². The number of methoxy groups -OCH3 is 1. The summed E-state index contributed by atoms with van der Waals surface area (Å²) in [4.78, 5) is 4.41. The third kappa shape index (κ3) is 3.00. The van der Waals surface area contributed by atoms with Gasteiger partial charge in [0.25, 0.3) is 10.0 Å². The molecule has 1 aromatic carbocycles. The van der Waals surface area contributed by atoms with Crippen LogP contribution in [0.1, 0.15) is 18.1 Å². The molecule has 0 radical (unpaired) electrons. The molecule has 0 saturated heterocycles. The van der Waals surface area contributed by atoms with Crippen molar-refractivity contribution in [2.45, 2.75) is 37.1 Å². The largest absolute Gasteiger partial charge is 0.377 e. The first-order chi connectivity index (χ1) is 12.5. The van der Waals surface area contributed by atoms with E-state index in [9.17, 15) is 8.42 Å². The van der Waals surface area contributed by atoms with Gasteiger partial charge in [0.15, 0.2) is 10.9 Å². The molecule has 1 atom stereocenters. The molecule has 0 spiro atoms. The second-order valence-electron chi connectivity index (χ2n) is 6.36. The number of aryl methyl sites for hydroxylation is 2. The summed E-state index contributed by atoms with van der Waals surface area (Å²) in [7, 11) is -0.482. The minimum absolute atomic E-state index is 0.178. The molecule has 10 heteroatoms. The number of benzene rings is 1. The first-order valence-corrected chi connectivity index (χ1v) is 9.82. The van der Waals surface area contributed by atoms with E-state index in [1.54, 1.807) is 31.0 Å². The van der Waals surface area contributed by atoms with Crippen molar-refractivity contribution in [1.29, 1.82) is 0 Å². The van der Waals surface area contributed by atoms with Crippen LogP contribution in [0.5, 0.6) is 0 Å². The van der Waals surface area contributed by atoms with E-state index in [1.807, 2.05) is 12.1 Å². The van der Waals surface area contributed by atoms with E-state index in [0.717, 1.165) is 5.82 Å². The van der Waals surface area contributed by atoms with E-state index >= 15 is 0 Å². The standard InChI is InChI=1S/C16H20N6O3S/c1-21-16(12-5-3-4-6-13(12)18-21)26(23,24)20-11-7-8-15-17-14(10-25-2)19-22(15)9-11/h3-6,11,20H,7-10H2,1-2H3. The smallest absolute Gasteiger partial charge is 0.258 e. The number of fused-ring (bicyclic) bond motifs is 2. The monoisotopic (exact) mass is 376 g/mol. The molecule has 1 unspecified atom stereocenters. The van der Waals surface area contributed by atoms with Gasteiger partial charge in [-0.3, -0.25) is 4.68 Å². The molecule has 0 bridgehead atoms. The van der Waals surface area contributed by atoms with Gasteiger partial charge in [-0.2, -0.15) is 10.2 Å². The summed E-state index contributed by atoms with van der Waals surface area (Å²) in [6.45, 7) is 0.790. The fourth-order valence-corrected chi connectivity index (χ4v) is 4.96. The van der Waals surface area contributed by atoms with Gasteiger partial charge >= 0.3 is 0 Å². The Morgan fingerprint density at radius 3 is 2.92 bits per heavy atom. The zero-order valence-electron chi connectivity index (χ0n) is 14.6. The Bertz CT molecular complexity index is 1060. The lowest BCUT2D eigenvalue weighted by Crippen LogP contribution is -2.41. The van der Waals surface area contributed by atoms with E-state index in [4.69, 9.17) is 4.74 Å². The molecule has 0 saturated carbocycles. The molecule has 0 aliphatic carbocycles. The van der Waals surface area contributed by atoms with Gasteiger partial charge in [-0.15, -0.1) is 0 Å².